The molecule has 0 bridgehead atoms. The summed E-state index contributed by atoms with van der Waals surface area (Å²) in [5.74, 6) is 1.67. The predicted molar refractivity (Wildman–Crippen MR) is 75.8 cm³/mol. The molecule has 0 spiro atoms. The zero-order valence-corrected chi connectivity index (χ0v) is 11.3. The highest BCUT2D eigenvalue weighted by atomic mass is 16.3. The molecule has 0 aliphatic heterocycles. The van der Waals surface area contributed by atoms with Gasteiger partial charge in [0.15, 0.2) is 0 Å². The molecule has 1 N–H and O–H groups in total. The summed E-state index contributed by atoms with van der Waals surface area (Å²) in [5.41, 5.74) is 0.897. The molecule has 0 amide bonds. The van der Waals surface area contributed by atoms with E-state index in [1.165, 1.54) is 25.7 Å². The molecule has 0 fully saturated rings. The lowest BCUT2D eigenvalue weighted by atomic mass is 9.99. The number of nitrogens with one attached hydrogen (secondary N) is 1. The molecule has 0 aromatic carbocycles. The zero-order chi connectivity index (χ0) is 12.8. The summed E-state index contributed by atoms with van der Waals surface area (Å²) in [7, 11) is 0. The Labute approximate surface area is 109 Å². The van der Waals surface area contributed by atoms with Gasteiger partial charge in [-0.2, -0.15) is 0 Å². The molecule has 2 aromatic heterocycles. The summed E-state index contributed by atoms with van der Waals surface area (Å²) in [5, 5.41) is 4.53. The Morgan fingerprint density at radius 1 is 1.33 bits per heavy atom. The van der Waals surface area contributed by atoms with Crippen LogP contribution in [0.4, 0.5) is 5.82 Å². The lowest BCUT2D eigenvalue weighted by Crippen LogP contribution is -2.14. The Hall–Kier alpha value is -1.51. The normalized spacial score (nSPS) is 12.8. The zero-order valence-electron chi connectivity index (χ0n) is 11.3. The van der Waals surface area contributed by atoms with Crippen LogP contribution < -0.4 is 5.32 Å². The van der Waals surface area contributed by atoms with Crippen LogP contribution in [0.25, 0.3) is 11.0 Å². The van der Waals surface area contributed by atoms with E-state index in [-0.39, 0.29) is 0 Å². The topological polar surface area (TPSA) is 38.1 Å². The number of furan rings is 1. The van der Waals surface area contributed by atoms with Gasteiger partial charge in [-0.15, -0.1) is 0 Å². The van der Waals surface area contributed by atoms with Crippen LogP contribution in [0.15, 0.2) is 29.0 Å². The largest absolute Gasteiger partial charge is 0.464 e. The minimum absolute atomic E-state index is 0.730. The number of nitrogens with zero attached hydrogens (tertiary/aromatic N) is 1. The van der Waals surface area contributed by atoms with Crippen LogP contribution in [0.1, 0.15) is 39.5 Å². The van der Waals surface area contributed by atoms with E-state index < -0.39 is 0 Å². The van der Waals surface area contributed by atoms with Crippen LogP contribution in [0.3, 0.4) is 0 Å². The fourth-order valence-corrected chi connectivity index (χ4v) is 2.22. The third kappa shape index (κ3) is 3.03. The molecule has 0 saturated carbocycles. The molecule has 1 unspecified atom stereocenters. The van der Waals surface area contributed by atoms with Crippen molar-refractivity contribution in [2.45, 2.75) is 39.5 Å². The van der Waals surface area contributed by atoms with Crippen molar-refractivity contribution in [3.8, 4) is 0 Å². The summed E-state index contributed by atoms with van der Waals surface area (Å²) in [6.45, 7) is 5.50. The molecule has 2 aromatic rings. The highest BCUT2D eigenvalue weighted by Gasteiger charge is 2.08. The maximum Gasteiger partial charge on any atom is 0.139 e. The maximum absolute atomic E-state index is 5.38. The van der Waals surface area contributed by atoms with Crippen LogP contribution in [0.5, 0.6) is 0 Å². The van der Waals surface area contributed by atoms with Crippen LogP contribution in [-0.2, 0) is 0 Å². The molecular formula is C15H22N2O. The lowest BCUT2D eigenvalue weighted by Gasteiger charge is -2.15. The highest BCUT2D eigenvalue weighted by Crippen LogP contribution is 2.22. The van der Waals surface area contributed by atoms with E-state index in [0.717, 1.165) is 29.2 Å². The number of fused-ring (bicyclic) bond motifs is 1. The second-order valence-corrected chi connectivity index (χ2v) is 4.79. The minimum Gasteiger partial charge on any atom is -0.464 e. The average Bonchev–Trinajstić information content (AvgIpc) is 2.88. The Kier molecular flexibility index (Phi) is 4.62. The first-order valence-electron chi connectivity index (χ1n) is 6.91. The molecule has 0 aliphatic carbocycles. The van der Waals surface area contributed by atoms with Gasteiger partial charge in [0.05, 0.1) is 11.6 Å². The maximum atomic E-state index is 5.38. The fourth-order valence-electron chi connectivity index (χ4n) is 2.22. The molecule has 2 rings (SSSR count). The first-order chi connectivity index (χ1) is 8.85. The monoisotopic (exact) mass is 246 g/mol. The Morgan fingerprint density at radius 3 is 3.00 bits per heavy atom. The fraction of sp³-hybridized carbons (Fsp3) is 0.533. The standard InChI is InChI=1S/C15H22N2O/c1-3-5-6-12(4-2)11-17-15-13-8-10-18-14(13)7-9-16-15/h7-10,12H,3-6,11H2,1-2H3,(H,16,17). The van der Waals surface area contributed by atoms with Crippen LogP contribution in [0.2, 0.25) is 0 Å². The summed E-state index contributed by atoms with van der Waals surface area (Å²) < 4.78 is 5.38. The second-order valence-electron chi connectivity index (χ2n) is 4.79. The van der Waals surface area contributed by atoms with Gasteiger partial charge in [-0.25, -0.2) is 4.98 Å². The predicted octanol–water partition coefficient (Wildman–Crippen LogP) is 4.46. The van der Waals surface area contributed by atoms with Gasteiger partial charge in [-0.1, -0.05) is 33.1 Å². The number of anilines is 1. The third-order valence-corrected chi connectivity index (χ3v) is 3.48. The minimum atomic E-state index is 0.730. The van der Waals surface area contributed by atoms with Gasteiger partial charge in [-0.3, -0.25) is 0 Å². The Morgan fingerprint density at radius 2 is 2.22 bits per heavy atom. The van der Waals surface area contributed by atoms with Crippen LogP contribution >= 0.6 is 0 Å². The molecule has 98 valence electrons. The van der Waals surface area contributed by atoms with Crippen molar-refractivity contribution in [1.29, 1.82) is 0 Å². The number of hydrogen-bond donors (Lipinski definition) is 1. The average molecular weight is 246 g/mol. The SMILES string of the molecule is CCCCC(CC)CNc1nccc2occc12. The van der Waals surface area contributed by atoms with Gasteiger partial charge in [0.2, 0.25) is 0 Å². The summed E-state index contributed by atoms with van der Waals surface area (Å²) in [6, 6.07) is 3.87. The van der Waals surface area contributed by atoms with Gasteiger partial charge < -0.3 is 9.73 Å². The number of hydrogen-bond acceptors (Lipinski definition) is 3. The van der Waals surface area contributed by atoms with Gasteiger partial charge in [0, 0.05) is 12.7 Å². The van der Waals surface area contributed by atoms with E-state index >= 15 is 0 Å². The molecule has 0 aliphatic rings. The number of pyridine rings is 1. The van der Waals surface area contributed by atoms with E-state index in [4.69, 9.17) is 4.42 Å². The summed E-state index contributed by atoms with van der Waals surface area (Å²) in [4.78, 5) is 4.39. The molecule has 3 nitrogen and oxygen atoms in total. The molecule has 3 heteroatoms. The molecule has 0 saturated heterocycles. The van der Waals surface area contributed by atoms with E-state index in [1.807, 2.05) is 12.1 Å². The van der Waals surface area contributed by atoms with Crippen molar-refractivity contribution >= 4 is 16.8 Å². The second kappa shape index (κ2) is 6.43. The summed E-state index contributed by atoms with van der Waals surface area (Å²) in [6.07, 6.45) is 8.60. The van der Waals surface area contributed by atoms with E-state index in [0.29, 0.717) is 0 Å². The van der Waals surface area contributed by atoms with E-state index in [2.05, 4.69) is 24.1 Å². The van der Waals surface area contributed by atoms with Crippen molar-refractivity contribution in [3.63, 3.8) is 0 Å². The first-order valence-corrected chi connectivity index (χ1v) is 6.91. The lowest BCUT2D eigenvalue weighted by molar-refractivity contribution is 0.472. The smallest absolute Gasteiger partial charge is 0.139 e. The Balaban J connectivity index is 1.98. The van der Waals surface area contributed by atoms with Crippen LogP contribution in [-0.4, -0.2) is 11.5 Å². The van der Waals surface area contributed by atoms with Gasteiger partial charge >= 0.3 is 0 Å². The van der Waals surface area contributed by atoms with E-state index in [1.54, 1.807) is 12.5 Å². The van der Waals surface area contributed by atoms with E-state index in [9.17, 15) is 0 Å². The highest BCUT2D eigenvalue weighted by molar-refractivity contribution is 5.87. The van der Waals surface area contributed by atoms with Crippen molar-refractivity contribution in [3.05, 3.63) is 24.6 Å². The van der Waals surface area contributed by atoms with Crippen LogP contribution in [0, 0.1) is 5.92 Å². The molecular weight excluding hydrogens is 224 g/mol. The molecule has 1 atom stereocenters. The van der Waals surface area contributed by atoms with Crippen molar-refractivity contribution in [1.82, 2.24) is 4.98 Å². The number of rotatable bonds is 7. The van der Waals surface area contributed by atoms with Crippen molar-refractivity contribution < 1.29 is 4.42 Å². The van der Waals surface area contributed by atoms with Gasteiger partial charge in [0.25, 0.3) is 0 Å². The van der Waals surface area contributed by atoms with Crippen molar-refractivity contribution in [2.24, 2.45) is 5.92 Å². The van der Waals surface area contributed by atoms with Gasteiger partial charge in [-0.05, 0) is 24.5 Å². The summed E-state index contributed by atoms with van der Waals surface area (Å²) >= 11 is 0. The molecule has 18 heavy (non-hydrogen) atoms. The molecule has 2 heterocycles. The third-order valence-electron chi connectivity index (χ3n) is 3.48. The Bertz CT molecular complexity index is 478. The van der Waals surface area contributed by atoms with Gasteiger partial charge in [0.1, 0.15) is 11.4 Å². The first kappa shape index (κ1) is 12.9. The quantitative estimate of drug-likeness (QED) is 0.784. The number of aromatic nitrogens is 1. The number of unbranched alkanes of at least 4 members (excludes halogenated alkanes) is 1. The molecule has 0 radical (unpaired) electrons. The van der Waals surface area contributed by atoms with Crippen molar-refractivity contribution in [2.75, 3.05) is 11.9 Å².